The lowest BCUT2D eigenvalue weighted by Gasteiger charge is -2.30. The van der Waals surface area contributed by atoms with Crippen molar-refractivity contribution in [1.82, 2.24) is 4.98 Å². The molecule has 2 N–H and O–H groups in total. The van der Waals surface area contributed by atoms with E-state index in [4.69, 9.17) is 0 Å². The standard InChI is InChI=1S/C17H16N4O4/c1-17(2)9-11-3-4-12(14(21(24)25)13(11)20-16(17)23)19-15(22)10-5-7-18-8-6-10/h3-8H,9H2,1-2H3,(H,19,22)(H,20,23). The van der Waals surface area contributed by atoms with Crippen LogP contribution in [0.4, 0.5) is 17.1 Å². The zero-order valence-corrected chi connectivity index (χ0v) is 13.7. The van der Waals surface area contributed by atoms with Crippen molar-refractivity contribution in [3.8, 4) is 0 Å². The number of benzene rings is 1. The molecule has 0 fully saturated rings. The quantitative estimate of drug-likeness (QED) is 0.658. The number of hydrogen-bond acceptors (Lipinski definition) is 5. The number of nitrogens with one attached hydrogen (secondary N) is 2. The highest BCUT2D eigenvalue weighted by Gasteiger charge is 2.38. The van der Waals surface area contributed by atoms with E-state index in [1.807, 2.05) is 0 Å². The lowest BCUT2D eigenvalue weighted by atomic mass is 9.81. The van der Waals surface area contributed by atoms with E-state index in [0.29, 0.717) is 17.5 Å². The lowest BCUT2D eigenvalue weighted by molar-refractivity contribution is -0.383. The third kappa shape index (κ3) is 3.06. The van der Waals surface area contributed by atoms with Gasteiger partial charge >= 0.3 is 5.69 Å². The summed E-state index contributed by atoms with van der Waals surface area (Å²) in [6, 6.07) is 6.18. The Hall–Kier alpha value is -3.29. The summed E-state index contributed by atoms with van der Waals surface area (Å²) in [6.07, 6.45) is 3.30. The highest BCUT2D eigenvalue weighted by Crippen LogP contribution is 2.42. The van der Waals surface area contributed by atoms with Gasteiger partial charge < -0.3 is 10.6 Å². The molecule has 1 aromatic heterocycles. The van der Waals surface area contributed by atoms with Crippen molar-refractivity contribution >= 4 is 28.9 Å². The second kappa shape index (κ2) is 5.97. The van der Waals surface area contributed by atoms with Crippen molar-refractivity contribution < 1.29 is 14.5 Å². The van der Waals surface area contributed by atoms with Gasteiger partial charge in [-0.25, -0.2) is 0 Å². The number of fused-ring (bicyclic) bond motifs is 1. The maximum absolute atomic E-state index is 12.3. The van der Waals surface area contributed by atoms with Gasteiger partial charge in [0.05, 0.1) is 4.92 Å². The first-order valence-corrected chi connectivity index (χ1v) is 7.63. The van der Waals surface area contributed by atoms with Crippen LogP contribution < -0.4 is 10.6 Å². The molecule has 0 saturated heterocycles. The third-order valence-corrected chi connectivity index (χ3v) is 4.12. The second-order valence-corrected chi connectivity index (χ2v) is 6.46. The van der Waals surface area contributed by atoms with Crippen LogP contribution in [0.15, 0.2) is 36.7 Å². The lowest BCUT2D eigenvalue weighted by Crippen LogP contribution is -2.37. The van der Waals surface area contributed by atoms with Crippen molar-refractivity contribution in [3.63, 3.8) is 0 Å². The molecule has 0 saturated carbocycles. The van der Waals surface area contributed by atoms with E-state index < -0.39 is 16.2 Å². The molecule has 0 atom stereocenters. The van der Waals surface area contributed by atoms with Gasteiger partial charge in [-0.05, 0) is 30.2 Å². The van der Waals surface area contributed by atoms with Crippen LogP contribution in [0, 0.1) is 15.5 Å². The molecule has 0 bridgehead atoms. The van der Waals surface area contributed by atoms with Crippen molar-refractivity contribution in [2.24, 2.45) is 5.41 Å². The molecular formula is C17H16N4O4. The van der Waals surface area contributed by atoms with E-state index in [1.54, 1.807) is 19.9 Å². The fraction of sp³-hybridized carbons (Fsp3) is 0.235. The van der Waals surface area contributed by atoms with Crippen molar-refractivity contribution in [3.05, 3.63) is 57.9 Å². The van der Waals surface area contributed by atoms with Gasteiger partial charge in [-0.2, -0.15) is 0 Å². The van der Waals surface area contributed by atoms with E-state index in [-0.39, 0.29) is 23.0 Å². The topological polar surface area (TPSA) is 114 Å². The minimum atomic E-state index is -0.650. The largest absolute Gasteiger partial charge is 0.320 e. The number of nitro groups is 1. The summed E-state index contributed by atoms with van der Waals surface area (Å²) in [6.45, 7) is 3.55. The molecule has 0 spiro atoms. The molecule has 8 nitrogen and oxygen atoms in total. The number of amides is 2. The van der Waals surface area contributed by atoms with Gasteiger partial charge in [0.1, 0.15) is 11.4 Å². The number of carbonyl (C=O) groups excluding carboxylic acids is 2. The highest BCUT2D eigenvalue weighted by molar-refractivity contribution is 6.08. The van der Waals surface area contributed by atoms with Gasteiger partial charge in [-0.15, -0.1) is 0 Å². The summed E-state index contributed by atoms with van der Waals surface area (Å²) in [5, 5.41) is 16.7. The van der Waals surface area contributed by atoms with Crippen molar-refractivity contribution in [2.45, 2.75) is 20.3 Å². The molecular weight excluding hydrogens is 324 g/mol. The number of rotatable bonds is 3. The van der Waals surface area contributed by atoms with Crippen LogP contribution in [-0.4, -0.2) is 21.7 Å². The smallest absolute Gasteiger partial charge is 0.316 e. The first-order valence-electron chi connectivity index (χ1n) is 7.63. The van der Waals surface area contributed by atoms with Crippen LogP contribution in [-0.2, 0) is 11.2 Å². The van der Waals surface area contributed by atoms with Crippen molar-refractivity contribution in [1.29, 1.82) is 0 Å². The number of hydrogen-bond donors (Lipinski definition) is 2. The average molecular weight is 340 g/mol. The molecule has 0 aliphatic carbocycles. The molecule has 1 aromatic carbocycles. The number of pyridine rings is 1. The summed E-state index contributed by atoms with van der Waals surface area (Å²) in [5.41, 5.74) is 0.199. The van der Waals surface area contributed by atoms with Crippen LogP contribution in [0.1, 0.15) is 29.8 Å². The number of aromatic nitrogens is 1. The van der Waals surface area contributed by atoms with E-state index in [1.165, 1.54) is 30.6 Å². The van der Waals surface area contributed by atoms with Gasteiger partial charge in [0.2, 0.25) is 5.91 Å². The molecule has 2 aromatic rings. The van der Waals surface area contributed by atoms with Gasteiger partial charge in [-0.3, -0.25) is 24.7 Å². The number of nitrogens with zero attached hydrogens (tertiary/aromatic N) is 2. The summed E-state index contributed by atoms with van der Waals surface area (Å²) in [5.74, 6) is -0.784. The maximum Gasteiger partial charge on any atom is 0.316 e. The minimum absolute atomic E-state index is 0.0329. The Labute approximate surface area is 143 Å². The predicted molar refractivity (Wildman–Crippen MR) is 91.4 cm³/mol. The van der Waals surface area contributed by atoms with Crippen LogP contribution in [0.25, 0.3) is 0 Å². The first-order chi connectivity index (χ1) is 11.8. The minimum Gasteiger partial charge on any atom is -0.320 e. The summed E-state index contributed by atoms with van der Waals surface area (Å²) in [7, 11) is 0. The van der Waals surface area contributed by atoms with E-state index in [2.05, 4.69) is 15.6 Å². The number of anilines is 2. The Morgan fingerprint density at radius 2 is 1.96 bits per heavy atom. The molecule has 2 heterocycles. The Balaban J connectivity index is 2.02. The van der Waals surface area contributed by atoms with E-state index in [0.717, 1.165) is 0 Å². The summed E-state index contributed by atoms with van der Waals surface area (Å²) in [4.78, 5) is 39.3. The fourth-order valence-electron chi connectivity index (χ4n) is 2.75. The monoisotopic (exact) mass is 340 g/mol. The van der Waals surface area contributed by atoms with E-state index >= 15 is 0 Å². The van der Waals surface area contributed by atoms with Gasteiger partial charge in [0.25, 0.3) is 5.91 Å². The maximum atomic E-state index is 12.3. The Bertz CT molecular complexity index is 878. The Morgan fingerprint density at radius 3 is 2.60 bits per heavy atom. The van der Waals surface area contributed by atoms with Gasteiger partial charge in [-0.1, -0.05) is 19.9 Å². The normalized spacial score (nSPS) is 15.0. The molecule has 0 radical (unpaired) electrons. The molecule has 8 heteroatoms. The zero-order chi connectivity index (χ0) is 18.2. The molecule has 25 heavy (non-hydrogen) atoms. The second-order valence-electron chi connectivity index (χ2n) is 6.46. The number of carbonyl (C=O) groups is 2. The van der Waals surface area contributed by atoms with Crippen LogP contribution in [0.2, 0.25) is 0 Å². The molecule has 1 aliphatic rings. The predicted octanol–water partition coefficient (Wildman–Crippen LogP) is 2.76. The van der Waals surface area contributed by atoms with E-state index in [9.17, 15) is 19.7 Å². The fourth-order valence-corrected chi connectivity index (χ4v) is 2.75. The van der Waals surface area contributed by atoms with Crippen LogP contribution in [0.3, 0.4) is 0 Å². The summed E-state index contributed by atoms with van der Waals surface area (Å²) >= 11 is 0. The van der Waals surface area contributed by atoms with Crippen LogP contribution in [0.5, 0.6) is 0 Å². The summed E-state index contributed by atoms with van der Waals surface area (Å²) < 4.78 is 0. The molecule has 128 valence electrons. The molecule has 0 unspecified atom stereocenters. The van der Waals surface area contributed by atoms with Gasteiger partial charge in [0.15, 0.2) is 0 Å². The molecule has 2 amide bonds. The zero-order valence-electron chi connectivity index (χ0n) is 13.7. The molecule has 3 rings (SSSR count). The van der Waals surface area contributed by atoms with Crippen LogP contribution >= 0.6 is 0 Å². The SMILES string of the molecule is CC1(C)Cc2ccc(NC(=O)c3ccncc3)c([N+](=O)[O-])c2NC1=O. The highest BCUT2D eigenvalue weighted by atomic mass is 16.6. The third-order valence-electron chi connectivity index (χ3n) is 4.12. The molecule has 1 aliphatic heterocycles. The number of nitro benzene ring substituents is 1. The Morgan fingerprint density at radius 1 is 1.28 bits per heavy atom. The average Bonchev–Trinajstić information content (AvgIpc) is 2.56. The van der Waals surface area contributed by atoms with Gasteiger partial charge in [0, 0.05) is 23.4 Å². The Kier molecular flexibility index (Phi) is 3.96. The van der Waals surface area contributed by atoms with Crippen molar-refractivity contribution in [2.75, 3.05) is 10.6 Å². The first kappa shape index (κ1) is 16.6.